The lowest BCUT2D eigenvalue weighted by Crippen LogP contribution is -2.53. The number of fused-ring (bicyclic) bond motifs is 1. The fraction of sp³-hybridized carbons (Fsp3) is 0.786. The van der Waals surface area contributed by atoms with Gasteiger partial charge in [0.15, 0.2) is 0 Å². The Balaban J connectivity index is 1.68. The minimum Gasteiger partial charge on any atom is -0.512 e. The van der Waals surface area contributed by atoms with Gasteiger partial charge < -0.3 is 5.11 Å². The molecule has 0 aromatic heterocycles. The van der Waals surface area contributed by atoms with E-state index in [9.17, 15) is 5.11 Å². The van der Waals surface area contributed by atoms with Gasteiger partial charge in [-0.1, -0.05) is 0 Å². The maximum atomic E-state index is 10.1. The summed E-state index contributed by atoms with van der Waals surface area (Å²) in [5, 5.41) is 23.1. The molecule has 19 heavy (non-hydrogen) atoms. The van der Waals surface area contributed by atoms with Gasteiger partial charge in [-0.25, -0.2) is 0 Å². The van der Waals surface area contributed by atoms with Crippen LogP contribution in [0.4, 0.5) is 0 Å². The van der Waals surface area contributed by atoms with E-state index >= 15 is 0 Å². The number of aliphatic hydroxyl groups is 1. The average molecular weight is 265 g/mol. The highest BCUT2D eigenvalue weighted by molar-refractivity contribution is 5.76. The van der Waals surface area contributed by atoms with Gasteiger partial charge in [-0.05, 0) is 44.1 Å². The Labute approximate surface area is 114 Å². The number of hydrogen-bond donors (Lipinski definition) is 5. The Kier molecular flexibility index (Phi) is 3.50. The molecule has 1 aliphatic heterocycles. The van der Waals surface area contributed by atoms with E-state index in [4.69, 9.17) is 11.1 Å². The quantitative estimate of drug-likeness (QED) is 0.345. The zero-order valence-corrected chi connectivity index (χ0v) is 11.4. The molecule has 5 heteroatoms. The molecule has 0 bridgehead atoms. The number of rotatable bonds is 2. The smallest absolute Gasteiger partial charge is 0.241 e. The summed E-state index contributed by atoms with van der Waals surface area (Å²) in [7, 11) is 0. The topological polar surface area (TPSA) is 95.9 Å². The van der Waals surface area contributed by atoms with Crippen LogP contribution in [-0.4, -0.2) is 29.2 Å². The number of nitrogens with two attached hydrogens (primary N) is 2. The molecular weight excluding hydrogens is 240 g/mol. The van der Waals surface area contributed by atoms with Crippen LogP contribution in [0.15, 0.2) is 11.3 Å². The number of allylic oxidation sites excluding steroid dienone is 1. The lowest BCUT2D eigenvalue weighted by molar-refractivity contribution is -0.122. The first-order valence-electron chi connectivity index (χ1n) is 7.46. The van der Waals surface area contributed by atoms with Crippen LogP contribution in [-0.2, 0) is 0 Å². The van der Waals surface area contributed by atoms with Crippen LogP contribution in [0.3, 0.4) is 0 Å². The summed E-state index contributed by atoms with van der Waals surface area (Å²) in [5.41, 5.74) is 6.91. The largest absolute Gasteiger partial charge is 0.512 e. The number of nitrogens with one attached hydrogen (secondary N) is 2. The van der Waals surface area contributed by atoms with Gasteiger partial charge in [-0.3, -0.25) is 21.8 Å². The van der Waals surface area contributed by atoms with Crippen LogP contribution < -0.4 is 21.8 Å². The van der Waals surface area contributed by atoms with E-state index in [0.717, 1.165) is 38.5 Å². The Bertz CT molecular complexity index is 406. The summed E-state index contributed by atoms with van der Waals surface area (Å²) in [6.45, 7) is 0. The number of aliphatic hydroxyl groups excluding tert-OH is 1. The zero-order valence-electron chi connectivity index (χ0n) is 11.4. The first-order valence-corrected chi connectivity index (χ1v) is 7.46. The summed E-state index contributed by atoms with van der Waals surface area (Å²) in [6.07, 6.45) is 7.44. The summed E-state index contributed by atoms with van der Waals surface area (Å²) in [5.74, 6) is 1.50. The SMILES string of the molecule is NC(=[NH2+])C1CCC2NC(C3=C(O)CCCC3)NC2C1. The monoisotopic (exact) mass is 265 g/mol. The highest BCUT2D eigenvalue weighted by Gasteiger charge is 2.41. The highest BCUT2D eigenvalue weighted by atomic mass is 16.3. The van der Waals surface area contributed by atoms with Crippen LogP contribution in [0.1, 0.15) is 44.9 Å². The first kappa shape index (κ1) is 12.9. The second-order valence-electron chi connectivity index (χ2n) is 6.17. The van der Waals surface area contributed by atoms with Crippen molar-refractivity contribution in [2.75, 3.05) is 0 Å². The first-order chi connectivity index (χ1) is 9.15. The third-order valence-corrected chi connectivity index (χ3v) is 4.91. The van der Waals surface area contributed by atoms with Crippen molar-refractivity contribution >= 4 is 5.84 Å². The third-order valence-electron chi connectivity index (χ3n) is 4.91. The molecule has 106 valence electrons. The van der Waals surface area contributed by atoms with Crippen molar-refractivity contribution in [3.05, 3.63) is 11.3 Å². The maximum absolute atomic E-state index is 10.1. The Morgan fingerprint density at radius 3 is 2.63 bits per heavy atom. The molecule has 0 spiro atoms. The van der Waals surface area contributed by atoms with Crippen molar-refractivity contribution in [3.8, 4) is 0 Å². The van der Waals surface area contributed by atoms with E-state index in [2.05, 4.69) is 10.6 Å². The van der Waals surface area contributed by atoms with Gasteiger partial charge >= 0.3 is 0 Å². The summed E-state index contributed by atoms with van der Waals surface area (Å²) < 4.78 is 0. The molecule has 0 amide bonds. The second kappa shape index (κ2) is 5.13. The van der Waals surface area contributed by atoms with E-state index in [1.807, 2.05) is 0 Å². The van der Waals surface area contributed by atoms with Crippen LogP contribution in [0.5, 0.6) is 0 Å². The molecule has 0 aromatic rings. The van der Waals surface area contributed by atoms with Gasteiger partial charge in [0.2, 0.25) is 5.84 Å². The third kappa shape index (κ3) is 2.49. The molecule has 2 aliphatic carbocycles. The Morgan fingerprint density at radius 1 is 1.16 bits per heavy atom. The molecule has 1 saturated carbocycles. The fourth-order valence-electron chi connectivity index (χ4n) is 3.76. The van der Waals surface area contributed by atoms with Crippen molar-refractivity contribution in [2.45, 2.75) is 63.2 Å². The van der Waals surface area contributed by atoms with E-state index < -0.39 is 0 Å². The van der Waals surface area contributed by atoms with E-state index in [1.54, 1.807) is 0 Å². The zero-order chi connectivity index (χ0) is 13.4. The van der Waals surface area contributed by atoms with Crippen LogP contribution in [0, 0.1) is 5.92 Å². The molecule has 7 N–H and O–H groups in total. The minimum atomic E-state index is 0.146. The van der Waals surface area contributed by atoms with Crippen molar-refractivity contribution in [1.29, 1.82) is 0 Å². The average Bonchev–Trinajstić information content (AvgIpc) is 2.81. The van der Waals surface area contributed by atoms with Crippen molar-refractivity contribution in [3.63, 3.8) is 0 Å². The molecule has 4 atom stereocenters. The number of hydrogen-bond acceptors (Lipinski definition) is 3. The number of amidine groups is 1. The summed E-state index contributed by atoms with van der Waals surface area (Å²) >= 11 is 0. The van der Waals surface area contributed by atoms with Crippen molar-refractivity contribution in [1.82, 2.24) is 10.6 Å². The molecule has 3 aliphatic rings. The summed E-state index contributed by atoms with van der Waals surface area (Å²) in [6, 6.07) is 0.913. The van der Waals surface area contributed by atoms with Crippen LogP contribution >= 0.6 is 0 Å². The van der Waals surface area contributed by atoms with Gasteiger partial charge in [-0.15, -0.1) is 0 Å². The van der Waals surface area contributed by atoms with Gasteiger partial charge in [0.1, 0.15) is 0 Å². The van der Waals surface area contributed by atoms with Gasteiger partial charge in [0.05, 0.1) is 17.8 Å². The molecule has 2 fully saturated rings. The van der Waals surface area contributed by atoms with Crippen molar-refractivity contribution < 1.29 is 10.5 Å². The summed E-state index contributed by atoms with van der Waals surface area (Å²) in [4.78, 5) is 0. The maximum Gasteiger partial charge on any atom is 0.241 e. The minimum absolute atomic E-state index is 0.146. The molecular formula is C14H25N4O+. The van der Waals surface area contributed by atoms with E-state index in [-0.39, 0.29) is 6.17 Å². The van der Waals surface area contributed by atoms with E-state index in [0.29, 0.717) is 29.6 Å². The second-order valence-corrected chi connectivity index (χ2v) is 6.17. The normalized spacial score (nSPS) is 39.2. The molecule has 3 rings (SSSR count). The predicted molar refractivity (Wildman–Crippen MR) is 74.2 cm³/mol. The van der Waals surface area contributed by atoms with Gasteiger partial charge in [0, 0.05) is 18.5 Å². The molecule has 0 radical (unpaired) electrons. The van der Waals surface area contributed by atoms with Crippen LogP contribution in [0.25, 0.3) is 0 Å². The lowest BCUT2D eigenvalue weighted by Gasteiger charge is -2.28. The van der Waals surface area contributed by atoms with Gasteiger partial charge in [-0.2, -0.15) is 0 Å². The molecule has 0 aromatic carbocycles. The fourth-order valence-corrected chi connectivity index (χ4v) is 3.76. The molecule has 5 nitrogen and oxygen atoms in total. The van der Waals surface area contributed by atoms with E-state index in [1.165, 1.54) is 12.0 Å². The molecule has 4 unspecified atom stereocenters. The van der Waals surface area contributed by atoms with Gasteiger partial charge in [0.25, 0.3) is 0 Å². The molecule has 1 saturated heterocycles. The van der Waals surface area contributed by atoms with Crippen LogP contribution in [0.2, 0.25) is 0 Å². The lowest BCUT2D eigenvalue weighted by atomic mass is 9.82. The van der Waals surface area contributed by atoms with Crippen molar-refractivity contribution in [2.24, 2.45) is 11.7 Å². The standard InChI is InChI=1S/C14H24N4O/c15-13(16)8-5-6-10-11(7-8)18-14(17-10)9-3-1-2-4-12(9)19/h8,10-11,14,17-19H,1-7H2,(H3,15,16)/p+1. The highest BCUT2D eigenvalue weighted by Crippen LogP contribution is 2.32. The Morgan fingerprint density at radius 2 is 1.89 bits per heavy atom. The predicted octanol–water partition coefficient (Wildman–Crippen LogP) is -0.455. The molecule has 1 heterocycles. The Hall–Kier alpha value is -1.07.